The van der Waals surface area contributed by atoms with E-state index < -0.39 is 18.8 Å². The van der Waals surface area contributed by atoms with Crippen LogP contribution in [0, 0.1) is 15.9 Å². The molecule has 0 aliphatic heterocycles. The number of aromatic nitrogens is 5. The summed E-state index contributed by atoms with van der Waals surface area (Å²) in [6, 6.07) is 8.29. The van der Waals surface area contributed by atoms with Crippen LogP contribution in [0.25, 0.3) is 11.0 Å². The van der Waals surface area contributed by atoms with Crippen molar-refractivity contribution >= 4 is 36.6 Å². The Bertz CT molecular complexity index is 1370. The predicted molar refractivity (Wildman–Crippen MR) is 131 cm³/mol. The number of nitro benzene ring substituents is 1. The summed E-state index contributed by atoms with van der Waals surface area (Å²) in [6.07, 6.45) is 3.02. The number of anilines is 2. The molecule has 184 valence electrons. The smallest absolute Gasteiger partial charge is 0.273 e. The van der Waals surface area contributed by atoms with Crippen LogP contribution < -0.4 is 10.1 Å². The van der Waals surface area contributed by atoms with E-state index in [2.05, 4.69) is 40.0 Å². The van der Waals surface area contributed by atoms with Crippen molar-refractivity contribution in [2.75, 3.05) is 11.9 Å². The third-order valence-electron chi connectivity index (χ3n) is 5.06. The van der Waals surface area contributed by atoms with Gasteiger partial charge in [-0.2, -0.15) is 15.1 Å². The van der Waals surface area contributed by atoms with E-state index in [4.69, 9.17) is 9.47 Å². The molecule has 35 heavy (non-hydrogen) atoms. The lowest BCUT2D eigenvalue weighted by Crippen LogP contribution is -2.22. The summed E-state index contributed by atoms with van der Waals surface area (Å²) in [5, 5.41) is 18.4. The number of hydrogen-bond donors (Lipinski definition) is 1. The molecule has 0 amide bonds. The highest BCUT2D eigenvalue weighted by Crippen LogP contribution is 2.33. The van der Waals surface area contributed by atoms with Crippen LogP contribution in [-0.4, -0.2) is 43.9 Å². The van der Waals surface area contributed by atoms with Crippen molar-refractivity contribution < 1.29 is 18.8 Å². The SMILES string of the molecule is Cn1ccc(Nc2nc(Oc3cccc([N+](=O)[O-])c3)c3c(F)cn(COCC[Si](C)(C)C)c3n2)n1. The quantitative estimate of drug-likeness (QED) is 0.139. The van der Waals surface area contributed by atoms with Crippen molar-refractivity contribution in [1.82, 2.24) is 24.3 Å². The first kappa shape index (κ1) is 24.3. The minimum Gasteiger partial charge on any atom is -0.438 e. The van der Waals surface area contributed by atoms with E-state index in [9.17, 15) is 10.1 Å². The molecule has 4 aromatic rings. The van der Waals surface area contributed by atoms with E-state index in [-0.39, 0.29) is 41.0 Å². The van der Waals surface area contributed by atoms with Crippen molar-refractivity contribution in [3.63, 3.8) is 0 Å². The van der Waals surface area contributed by atoms with Gasteiger partial charge in [-0.25, -0.2) is 4.39 Å². The summed E-state index contributed by atoms with van der Waals surface area (Å²) in [7, 11) is 0.488. The van der Waals surface area contributed by atoms with E-state index in [1.165, 1.54) is 30.5 Å². The molecule has 0 fully saturated rings. The van der Waals surface area contributed by atoms with E-state index in [1.54, 1.807) is 28.6 Å². The van der Waals surface area contributed by atoms with Gasteiger partial charge >= 0.3 is 0 Å². The number of rotatable bonds is 10. The molecule has 0 aliphatic rings. The number of benzene rings is 1. The third-order valence-corrected chi connectivity index (χ3v) is 6.76. The Morgan fingerprint density at radius 2 is 2.03 bits per heavy atom. The van der Waals surface area contributed by atoms with Gasteiger partial charge in [0.05, 0.1) is 11.0 Å². The van der Waals surface area contributed by atoms with Crippen molar-refractivity contribution in [1.29, 1.82) is 0 Å². The zero-order valence-electron chi connectivity index (χ0n) is 19.9. The maximum atomic E-state index is 15.1. The molecule has 0 saturated carbocycles. The van der Waals surface area contributed by atoms with Gasteiger partial charge in [-0.05, 0) is 12.1 Å². The van der Waals surface area contributed by atoms with Crippen LogP contribution in [0.15, 0.2) is 42.7 Å². The molecular formula is C22H26FN7O4Si. The van der Waals surface area contributed by atoms with E-state index in [1.807, 2.05) is 0 Å². The van der Waals surface area contributed by atoms with Crippen molar-refractivity contribution in [3.8, 4) is 11.6 Å². The van der Waals surface area contributed by atoms with Crippen LogP contribution >= 0.6 is 0 Å². The Balaban J connectivity index is 1.71. The van der Waals surface area contributed by atoms with Crippen LogP contribution in [0.2, 0.25) is 25.7 Å². The average Bonchev–Trinajstić information content (AvgIpc) is 3.33. The largest absolute Gasteiger partial charge is 0.438 e. The second-order valence-electron chi connectivity index (χ2n) is 9.20. The molecule has 3 aromatic heterocycles. The number of fused-ring (bicyclic) bond motifs is 1. The summed E-state index contributed by atoms with van der Waals surface area (Å²) in [6.45, 7) is 7.41. The molecule has 1 N–H and O–H groups in total. The standard InChI is InChI=1S/C22H26FN7O4Si/c1-28-9-8-18(27-28)24-22-25-20-19(17(23)13-29(20)14-33-10-11-35(2,3)4)21(26-22)34-16-7-5-6-15(12-16)30(31)32/h5-9,12-13H,10-11,14H2,1-4H3,(H,24,25,26,27). The van der Waals surface area contributed by atoms with Crippen LogP contribution in [0.5, 0.6) is 11.6 Å². The molecule has 13 heteroatoms. The number of ether oxygens (including phenoxy) is 2. The number of hydrogen-bond acceptors (Lipinski definition) is 8. The van der Waals surface area contributed by atoms with Crippen LogP contribution in [0.1, 0.15) is 0 Å². The maximum absolute atomic E-state index is 15.1. The van der Waals surface area contributed by atoms with Crippen molar-refractivity contribution in [2.45, 2.75) is 32.4 Å². The zero-order valence-corrected chi connectivity index (χ0v) is 20.9. The fraction of sp³-hybridized carbons (Fsp3) is 0.318. The van der Waals surface area contributed by atoms with Gasteiger partial charge in [0, 0.05) is 46.3 Å². The van der Waals surface area contributed by atoms with Gasteiger partial charge in [0.2, 0.25) is 11.8 Å². The monoisotopic (exact) mass is 499 g/mol. The molecule has 11 nitrogen and oxygen atoms in total. The summed E-state index contributed by atoms with van der Waals surface area (Å²) in [5.41, 5.74) is 0.0952. The normalized spacial score (nSPS) is 11.7. The number of non-ortho nitro benzene ring substituents is 1. The Hall–Kier alpha value is -3.84. The van der Waals surface area contributed by atoms with Gasteiger partial charge in [0.15, 0.2) is 17.3 Å². The van der Waals surface area contributed by atoms with Crippen LogP contribution in [-0.2, 0) is 18.5 Å². The molecule has 4 rings (SSSR count). The molecule has 0 bridgehead atoms. The highest BCUT2D eigenvalue weighted by Gasteiger charge is 2.21. The Morgan fingerprint density at radius 3 is 2.71 bits per heavy atom. The summed E-state index contributed by atoms with van der Waals surface area (Å²) >= 11 is 0. The number of nitrogens with one attached hydrogen (secondary N) is 1. The molecule has 0 spiro atoms. The first-order valence-corrected chi connectivity index (χ1v) is 14.6. The first-order valence-electron chi connectivity index (χ1n) is 10.9. The predicted octanol–water partition coefficient (Wildman–Crippen LogP) is 5.06. The number of aryl methyl sites for hydroxylation is 1. The highest BCUT2D eigenvalue weighted by molar-refractivity contribution is 6.76. The summed E-state index contributed by atoms with van der Waals surface area (Å²) in [4.78, 5) is 19.4. The maximum Gasteiger partial charge on any atom is 0.273 e. The molecule has 0 atom stereocenters. The lowest BCUT2D eigenvalue weighted by atomic mass is 10.3. The number of nitrogens with zero attached hydrogens (tertiary/aromatic N) is 6. The minimum absolute atomic E-state index is 0.0388. The van der Waals surface area contributed by atoms with Gasteiger partial charge in [0.1, 0.15) is 17.9 Å². The van der Waals surface area contributed by atoms with Crippen LogP contribution in [0.3, 0.4) is 0 Å². The molecule has 1 aromatic carbocycles. The second-order valence-corrected chi connectivity index (χ2v) is 14.8. The van der Waals surface area contributed by atoms with E-state index >= 15 is 4.39 Å². The Morgan fingerprint density at radius 1 is 1.23 bits per heavy atom. The van der Waals surface area contributed by atoms with E-state index in [0.29, 0.717) is 12.4 Å². The van der Waals surface area contributed by atoms with Gasteiger partial charge in [-0.15, -0.1) is 0 Å². The second kappa shape index (κ2) is 9.80. The molecule has 0 saturated heterocycles. The minimum atomic E-state index is -1.28. The highest BCUT2D eigenvalue weighted by atomic mass is 28.3. The third kappa shape index (κ3) is 5.99. The molecule has 3 heterocycles. The van der Waals surface area contributed by atoms with Gasteiger partial charge in [-0.3, -0.25) is 14.8 Å². The summed E-state index contributed by atoms with van der Waals surface area (Å²) in [5.74, 6) is 0.0589. The topological polar surface area (TPSA) is 122 Å². The van der Waals surface area contributed by atoms with Gasteiger partial charge in [0.25, 0.3) is 5.69 Å². The lowest BCUT2D eigenvalue weighted by molar-refractivity contribution is -0.384. The van der Waals surface area contributed by atoms with E-state index in [0.717, 1.165) is 6.04 Å². The van der Waals surface area contributed by atoms with Crippen LogP contribution in [0.4, 0.5) is 21.8 Å². The lowest BCUT2D eigenvalue weighted by Gasteiger charge is -2.15. The fourth-order valence-electron chi connectivity index (χ4n) is 3.25. The zero-order chi connectivity index (χ0) is 25.2. The molecule has 0 unspecified atom stereocenters. The van der Waals surface area contributed by atoms with Crippen molar-refractivity contribution in [3.05, 3.63) is 58.7 Å². The molecular weight excluding hydrogens is 473 g/mol. The molecule has 0 aliphatic carbocycles. The van der Waals surface area contributed by atoms with Gasteiger partial charge in [-0.1, -0.05) is 25.7 Å². The summed E-state index contributed by atoms with van der Waals surface area (Å²) < 4.78 is 29.8. The average molecular weight is 500 g/mol. The molecule has 0 radical (unpaired) electrons. The fourth-order valence-corrected chi connectivity index (χ4v) is 4.00. The van der Waals surface area contributed by atoms with Crippen molar-refractivity contribution in [2.24, 2.45) is 7.05 Å². The Labute approximate surface area is 201 Å². The number of halogens is 1. The van der Waals surface area contributed by atoms with Gasteiger partial charge < -0.3 is 19.4 Å². The Kier molecular flexibility index (Phi) is 6.80. The number of nitro groups is 1. The first-order chi connectivity index (χ1) is 16.6.